The van der Waals surface area contributed by atoms with Gasteiger partial charge < -0.3 is 9.47 Å². The van der Waals surface area contributed by atoms with Crippen molar-refractivity contribution in [2.45, 2.75) is 12.8 Å². The zero-order chi connectivity index (χ0) is 17.1. The van der Waals surface area contributed by atoms with Crippen LogP contribution in [0.4, 0.5) is 8.78 Å². The van der Waals surface area contributed by atoms with Gasteiger partial charge in [0.15, 0.2) is 11.6 Å². The van der Waals surface area contributed by atoms with Crippen molar-refractivity contribution < 1.29 is 27.8 Å². The van der Waals surface area contributed by atoms with E-state index in [1.54, 1.807) is 0 Å². The highest BCUT2D eigenvalue weighted by Gasteiger charge is 2.19. The van der Waals surface area contributed by atoms with Crippen LogP contribution in [-0.4, -0.2) is 24.8 Å². The number of ether oxygens (including phenoxy) is 2. The maximum atomic E-state index is 12.7. The molecule has 0 N–H and O–H groups in total. The molecule has 0 spiro atoms. The van der Waals surface area contributed by atoms with Gasteiger partial charge in [0.1, 0.15) is 23.1 Å². The number of hydrogen-bond acceptors (Lipinski definition) is 4. The van der Waals surface area contributed by atoms with Gasteiger partial charge in [-0.1, -0.05) is 0 Å². The largest absolute Gasteiger partial charge is 0.492 e. The molecule has 2 heterocycles. The van der Waals surface area contributed by atoms with E-state index in [9.17, 15) is 18.4 Å². The van der Waals surface area contributed by atoms with Gasteiger partial charge >= 0.3 is 0 Å². The molecule has 0 bridgehead atoms. The molecular formula is C18H14F2O4. The average molecular weight is 332 g/mol. The number of halogens is 2. The molecule has 2 aliphatic rings. The number of benzene rings is 2. The molecule has 6 heteroatoms. The summed E-state index contributed by atoms with van der Waals surface area (Å²) in [5.41, 5.74) is 0.725. The number of fused-ring (bicyclic) bond motifs is 2. The Labute approximate surface area is 137 Å². The zero-order valence-electron chi connectivity index (χ0n) is 12.7. The standard InChI is InChI=1S/2C9H7FO2/c2*10-6-1-2-9-7(5-6)8(11)3-4-12-9/h2*1-2,5H,3-4H2. The summed E-state index contributed by atoms with van der Waals surface area (Å²) in [6.07, 6.45) is 0.687. The van der Waals surface area contributed by atoms with Crippen molar-refractivity contribution in [2.24, 2.45) is 0 Å². The summed E-state index contributed by atoms with van der Waals surface area (Å²) in [4.78, 5) is 22.4. The Morgan fingerprint density at radius 2 is 1.12 bits per heavy atom. The molecule has 0 fully saturated rings. The van der Waals surface area contributed by atoms with Crippen LogP contribution in [0.1, 0.15) is 33.6 Å². The molecule has 4 nitrogen and oxygen atoms in total. The van der Waals surface area contributed by atoms with Crippen LogP contribution < -0.4 is 9.47 Å². The Morgan fingerprint density at radius 3 is 1.54 bits per heavy atom. The third-order valence-electron chi connectivity index (χ3n) is 3.66. The molecule has 0 atom stereocenters. The van der Waals surface area contributed by atoms with E-state index in [2.05, 4.69) is 0 Å². The molecule has 0 unspecified atom stereocenters. The predicted molar refractivity (Wildman–Crippen MR) is 81.7 cm³/mol. The molecule has 2 aromatic carbocycles. The van der Waals surface area contributed by atoms with Crippen LogP contribution in [-0.2, 0) is 0 Å². The Hall–Kier alpha value is -2.76. The number of hydrogen-bond donors (Lipinski definition) is 0. The lowest BCUT2D eigenvalue weighted by Gasteiger charge is -2.15. The van der Waals surface area contributed by atoms with Crippen LogP contribution in [0.25, 0.3) is 0 Å². The van der Waals surface area contributed by atoms with Gasteiger partial charge in [0.05, 0.1) is 24.3 Å². The fourth-order valence-electron chi connectivity index (χ4n) is 2.47. The van der Waals surface area contributed by atoms with E-state index in [1.807, 2.05) is 0 Å². The van der Waals surface area contributed by atoms with Crippen LogP contribution >= 0.6 is 0 Å². The normalized spacial score (nSPS) is 15.2. The lowest BCUT2D eigenvalue weighted by molar-refractivity contribution is 0.0924. The number of Topliss-reactive ketones (excluding diaryl/α,β-unsaturated/α-hetero) is 2. The maximum Gasteiger partial charge on any atom is 0.170 e. The molecule has 0 aliphatic carbocycles. The number of carbonyl (C=O) groups is 2. The first-order valence-electron chi connectivity index (χ1n) is 7.45. The van der Waals surface area contributed by atoms with Gasteiger partial charge in [-0.15, -0.1) is 0 Å². The predicted octanol–water partition coefficient (Wildman–Crippen LogP) is 3.58. The average Bonchev–Trinajstić information content (AvgIpc) is 2.57. The lowest BCUT2D eigenvalue weighted by Crippen LogP contribution is -2.15. The van der Waals surface area contributed by atoms with Crippen LogP contribution in [0, 0.1) is 11.6 Å². The molecular weight excluding hydrogens is 318 g/mol. The smallest absolute Gasteiger partial charge is 0.170 e. The second-order valence-corrected chi connectivity index (χ2v) is 5.32. The minimum absolute atomic E-state index is 0.0456. The van der Waals surface area contributed by atoms with E-state index in [0.29, 0.717) is 48.7 Å². The summed E-state index contributed by atoms with van der Waals surface area (Å²) in [5.74, 6) is 0.104. The van der Waals surface area contributed by atoms with E-state index in [0.717, 1.165) is 0 Å². The summed E-state index contributed by atoms with van der Waals surface area (Å²) >= 11 is 0. The molecule has 4 rings (SSSR count). The molecule has 0 aromatic heterocycles. The van der Waals surface area contributed by atoms with Crippen LogP contribution in [0.2, 0.25) is 0 Å². The molecule has 2 aromatic rings. The minimum Gasteiger partial charge on any atom is -0.492 e. The SMILES string of the molecule is O=C1CCOc2ccc(F)cc21.O=C1CCOc2ccc(F)cc21. The highest BCUT2D eigenvalue weighted by Crippen LogP contribution is 2.25. The lowest BCUT2D eigenvalue weighted by atomic mass is 10.1. The van der Waals surface area contributed by atoms with Crippen molar-refractivity contribution >= 4 is 11.6 Å². The molecule has 2 aliphatic heterocycles. The van der Waals surface area contributed by atoms with Crippen molar-refractivity contribution in [1.82, 2.24) is 0 Å². The minimum atomic E-state index is -0.396. The molecule has 24 heavy (non-hydrogen) atoms. The van der Waals surface area contributed by atoms with Crippen LogP contribution in [0.3, 0.4) is 0 Å². The van der Waals surface area contributed by atoms with Crippen molar-refractivity contribution in [3.8, 4) is 11.5 Å². The van der Waals surface area contributed by atoms with Crippen LogP contribution in [0.5, 0.6) is 11.5 Å². The van der Waals surface area contributed by atoms with E-state index in [1.165, 1.54) is 36.4 Å². The summed E-state index contributed by atoms with van der Waals surface area (Å²) in [6, 6.07) is 7.99. The van der Waals surface area contributed by atoms with E-state index in [4.69, 9.17) is 9.47 Å². The number of carbonyl (C=O) groups excluding carboxylic acids is 2. The van der Waals surface area contributed by atoms with E-state index in [-0.39, 0.29) is 11.6 Å². The molecule has 0 radical (unpaired) electrons. The molecule has 0 saturated heterocycles. The third-order valence-corrected chi connectivity index (χ3v) is 3.66. The maximum absolute atomic E-state index is 12.7. The van der Waals surface area contributed by atoms with E-state index < -0.39 is 11.6 Å². The first-order chi connectivity index (χ1) is 11.5. The molecule has 124 valence electrons. The number of rotatable bonds is 0. The summed E-state index contributed by atoms with van der Waals surface area (Å²) in [5, 5.41) is 0. The molecule has 0 saturated carbocycles. The monoisotopic (exact) mass is 332 g/mol. The van der Waals surface area contributed by atoms with E-state index >= 15 is 0 Å². The Bertz CT molecular complexity index is 734. The molecule has 0 amide bonds. The van der Waals surface area contributed by atoms with Crippen LogP contribution in [0.15, 0.2) is 36.4 Å². The zero-order valence-corrected chi connectivity index (χ0v) is 12.7. The third kappa shape index (κ3) is 3.42. The van der Waals surface area contributed by atoms with Gasteiger partial charge in [0.25, 0.3) is 0 Å². The highest BCUT2D eigenvalue weighted by molar-refractivity contribution is 6.00. The van der Waals surface area contributed by atoms with Gasteiger partial charge in [-0.25, -0.2) is 8.78 Å². The first-order valence-corrected chi connectivity index (χ1v) is 7.45. The van der Waals surface area contributed by atoms with Crippen molar-refractivity contribution in [3.05, 3.63) is 59.2 Å². The van der Waals surface area contributed by atoms with Gasteiger partial charge in [-0.05, 0) is 36.4 Å². The fraction of sp³-hybridized carbons (Fsp3) is 0.222. The summed E-state index contributed by atoms with van der Waals surface area (Å²) < 4.78 is 35.6. The van der Waals surface area contributed by atoms with Gasteiger partial charge in [0.2, 0.25) is 0 Å². The van der Waals surface area contributed by atoms with Gasteiger partial charge in [-0.2, -0.15) is 0 Å². The quantitative estimate of drug-likeness (QED) is 0.740. The first kappa shape index (κ1) is 16.1. The highest BCUT2D eigenvalue weighted by atomic mass is 19.1. The summed E-state index contributed by atoms with van der Waals surface area (Å²) in [7, 11) is 0. The Balaban J connectivity index is 0.000000141. The van der Waals surface area contributed by atoms with Gasteiger partial charge in [0, 0.05) is 12.8 Å². The van der Waals surface area contributed by atoms with Crippen molar-refractivity contribution in [2.75, 3.05) is 13.2 Å². The second kappa shape index (κ2) is 6.78. The van der Waals surface area contributed by atoms with Crippen molar-refractivity contribution in [1.29, 1.82) is 0 Å². The van der Waals surface area contributed by atoms with Crippen molar-refractivity contribution in [3.63, 3.8) is 0 Å². The fourth-order valence-corrected chi connectivity index (χ4v) is 2.47. The van der Waals surface area contributed by atoms with Gasteiger partial charge in [-0.3, -0.25) is 9.59 Å². The second-order valence-electron chi connectivity index (χ2n) is 5.32. The topological polar surface area (TPSA) is 52.6 Å². The Kier molecular flexibility index (Phi) is 4.55. The summed E-state index contributed by atoms with van der Waals surface area (Å²) in [6.45, 7) is 0.801. The Morgan fingerprint density at radius 1 is 0.708 bits per heavy atom. The number of ketones is 2.